The van der Waals surface area contributed by atoms with Crippen LogP contribution in [0.15, 0.2) is 39.3 Å². The van der Waals surface area contributed by atoms with Gasteiger partial charge in [0.2, 0.25) is 0 Å². The Kier molecular flexibility index (Phi) is 6.49. The fourth-order valence-corrected chi connectivity index (χ4v) is 4.40. The van der Waals surface area contributed by atoms with Crippen LogP contribution in [0.5, 0.6) is 17.2 Å². The molecule has 0 heterocycles. The molecule has 0 spiro atoms. The molecule has 23 heavy (non-hydrogen) atoms. The van der Waals surface area contributed by atoms with Crippen LogP contribution in [0.1, 0.15) is 30.9 Å². The van der Waals surface area contributed by atoms with Gasteiger partial charge < -0.3 is 14.7 Å². The number of halogens is 2. The fourth-order valence-electron chi connectivity index (χ4n) is 2.24. The van der Waals surface area contributed by atoms with E-state index in [1.54, 1.807) is 12.1 Å². The number of phenolic OH excluding ortho intramolecular Hbond substituents is 1. The van der Waals surface area contributed by atoms with Gasteiger partial charge in [-0.2, -0.15) is 0 Å². The number of hydrogen-bond acceptors (Lipinski definition) is 3. The third kappa shape index (κ3) is 4.93. The van der Waals surface area contributed by atoms with Crippen LogP contribution in [0.4, 0.5) is 0 Å². The van der Waals surface area contributed by atoms with Crippen LogP contribution in [0.3, 0.4) is 0 Å². The van der Waals surface area contributed by atoms with Crippen LogP contribution in [0.2, 0.25) is 0 Å². The highest BCUT2D eigenvalue weighted by Crippen LogP contribution is 2.41. The number of phenols is 1. The minimum Gasteiger partial charge on any atom is -0.508 e. The van der Waals surface area contributed by atoms with E-state index in [4.69, 9.17) is 4.74 Å². The molecule has 2 aromatic carbocycles. The highest BCUT2D eigenvalue weighted by Gasteiger charge is 2.13. The van der Waals surface area contributed by atoms with Crippen molar-refractivity contribution in [1.29, 1.82) is 0 Å². The van der Waals surface area contributed by atoms with E-state index >= 15 is 0 Å². The zero-order valence-electron chi connectivity index (χ0n) is 13.2. The molecule has 3 nitrogen and oxygen atoms in total. The van der Waals surface area contributed by atoms with E-state index in [0.717, 1.165) is 20.1 Å². The van der Waals surface area contributed by atoms with Gasteiger partial charge in [-0.3, -0.25) is 0 Å². The first kappa shape index (κ1) is 18.7. The zero-order valence-corrected chi connectivity index (χ0v) is 17.2. The Hall–Kier alpha value is -0.610. The Bertz CT molecular complexity index is 679. The maximum atomic E-state index is 9.90. The average molecular weight is 462 g/mol. The summed E-state index contributed by atoms with van der Waals surface area (Å²) in [6, 6.07) is 9.16. The molecule has 2 N–H and O–H groups in total. The van der Waals surface area contributed by atoms with E-state index in [0.29, 0.717) is 17.7 Å². The van der Waals surface area contributed by atoms with E-state index in [-0.39, 0.29) is 11.7 Å². The smallest absolute Gasteiger partial charge is 0.155 e. The standard InChI is InChI=1S/C17H19Br2O3P/c1-10(2)13-8-12(4-5-16(13)20)22-17-14(18)6-11(7-15(17)19)9-23(3)21/h4-8,10,20-21H,9H2,1-3H3. The van der Waals surface area contributed by atoms with Crippen molar-refractivity contribution in [2.24, 2.45) is 0 Å². The molecule has 0 saturated heterocycles. The van der Waals surface area contributed by atoms with Crippen molar-refractivity contribution in [3.63, 3.8) is 0 Å². The minimum absolute atomic E-state index is 0.209. The Morgan fingerprint density at radius 2 is 1.74 bits per heavy atom. The lowest BCUT2D eigenvalue weighted by Gasteiger charge is -2.15. The lowest BCUT2D eigenvalue weighted by atomic mass is 10.0. The summed E-state index contributed by atoms with van der Waals surface area (Å²) in [4.78, 5) is 9.58. The van der Waals surface area contributed by atoms with Gasteiger partial charge in [-0.25, -0.2) is 0 Å². The maximum absolute atomic E-state index is 9.90. The van der Waals surface area contributed by atoms with Crippen LogP contribution in [-0.4, -0.2) is 16.7 Å². The van der Waals surface area contributed by atoms with Crippen LogP contribution >= 0.6 is 40.0 Å². The fraction of sp³-hybridized carbons (Fsp3) is 0.294. The SMILES string of the molecule is CC(C)c1cc(Oc2c(Br)cc(CP(C)O)cc2Br)ccc1O. The first-order chi connectivity index (χ1) is 10.8. The van der Waals surface area contributed by atoms with Gasteiger partial charge in [0.25, 0.3) is 0 Å². The predicted octanol–water partition coefficient (Wildman–Crippen LogP) is 6.35. The highest BCUT2D eigenvalue weighted by molar-refractivity contribution is 9.11. The molecule has 0 amide bonds. The number of aromatic hydroxyl groups is 1. The van der Waals surface area contributed by atoms with Crippen molar-refractivity contribution >= 4 is 40.0 Å². The average Bonchev–Trinajstić information content (AvgIpc) is 2.43. The van der Waals surface area contributed by atoms with Gasteiger partial charge in [-0.05, 0) is 80.3 Å². The second-order valence-electron chi connectivity index (χ2n) is 5.68. The Morgan fingerprint density at radius 3 is 2.26 bits per heavy atom. The van der Waals surface area contributed by atoms with Gasteiger partial charge in [-0.1, -0.05) is 13.8 Å². The van der Waals surface area contributed by atoms with Crippen LogP contribution < -0.4 is 4.74 Å². The summed E-state index contributed by atoms with van der Waals surface area (Å²) in [5.41, 5.74) is 1.89. The first-order valence-corrected chi connectivity index (χ1v) is 10.7. The van der Waals surface area contributed by atoms with Gasteiger partial charge in [0.05, 0.1) is 8.95 Å². The molecule has 0 aliphatic heterocycles. The lowest BCUT2D eigenvalue weighted by molar-refractivity contribution is 0.453. The van der Waals surface area contributed by atoms with E-state index in [1.165, 1.54) is 0 Å². The summed E-state index contributed by atoms with van der Waals surface area (Å²) in [6.07, 6.45) is 0.642. The molecule has 2 aromatic rings. The summed E-state index contributed by atoms with van der Waals surface area (Å²) in [7, 11) is -0.985. The first-order valence-electron chi connectivity index (χ1n) is 7.16. The van der Waals surface area contributed by atoms with E-state index in [1.807, 2.05) is 38.7 Å². The van der Waals surface area contributed by atoms with Crippen LogP contribution in [0, 0.1) is 0 Å². The van der Waals surface area contributed by atoms with Crippen molar-refractivity contribution in [2.45, 2.75) is 25.9 Å². The predicted molar refractivity (Wildman–Crippen MR) is 103 cm³/mol. The molecule has 1 atom stereocenters. The molecule has 124 valence electrons. The van der Waals surface area contributed by atoms with Crippen molar-refractivity contribution in [3.05, 3.63) is 50.4 Å². The third-order valence-electron chi connectivity index (χ3n) is 3.31. The van der Waals surface area contributed by atoms with Crippen LogP contribution in [-0.2, 0) is 6.16 Å². The van der Waals surface area contributed by atoms with E-state index < -0.39 is 8.15 Å². The Morgan fingerprint density at radius 1 is 1.13 bits per heavy atom. The van der Waals surface area contributed by atoms with Gasteiger partial charge in [-0.15, -0.1) is 0 Å². The molecule has 0 radical (unpaired) electrons. The van der Waals surface area contributed by atoms with Gasteiger partial charge in [0.15, 0.2) is 5.75 Å². The molecule has 6 heteroatoms. The number of rotatable bonds is 5. The second kappa shape index (κ2) is 7.98. The molecular weight excluding hydrogens is 443 g/mol. The largest absolute Gasteiger partial charge is 0.508 e. The van der Waals surface area contributed by atoms with E-state index in [9.17, 15) is 10.00 Å². The van der Waals surface area contributed by atoms with E-state index in [2.05, 4.69) is 31.9 Å². The normalized spacial score (nSPS) is 12.5. The van der Waals surface area contributed by atoms with Gasteiger partial charge >= 0.3 is 0 Å². The van der Waals surface area contributed by atoms with Crippen molar-refractivity contribution in [2.75, 3.05) is 6.66 Å². The summed E-state index contributed by atoms with van der Waals surface area (Å²) < 4.78 is 7.62. The number of hydrogen-bond donors (Lipinski definition) is 2. The minimum atomic E-state index is -0.985. The second-order valence-corrected chi connectivity index (χ2v) is 9.02. The summed E-state index contributed by atoms with van der Waals surface area (Å²) in [5.74, 6) is 1.83. The van der Waals surface area contributed by atoms with Crippen molar-refractivity contribution < 1.29 is 14.7 Å². The molecule has 2 rings (SSSR count). The monoisotopic (exact) mass is 460 g/mol. The molecule has 0 saturated carbocycles. The quantitative estimate of drug-likeness (QED) is 0.510. The molecule has 1 unspecified atom stereocenters. The van der Waals surface area contributed by atoms with Gasteiger partial charge in [0.1, 0.15) is 11.5 Å². The van der Waals surface area contributed by atoms with Crippen LogP contribution in [0.25, 0.3) is 0 Å². The number of benzene rings is 2. The Balaban J connectivity index is 2.32. The highest BCUT2D eigenvalue weighted by atomic mass is 79.9. The third-order valence-corrected chi connectivity index (χ3v) is 5.31. The van der Waals surface area contributed by atoms with Crippen molar-refractivity contribution in [3.8, 4) is 17.2 Å². The molecular formula is C17H19Br2O3P. The summed E-state index contributed by atoms with van der Waals surface area (Å²) in [5, 5.41) is 9.90. The molecule has 0 aliphatic rings. The zero-order chi connectivity index (χ0) is 17.1. The summed E-state index contributed by atoms with van der Waals surface area (Å²) in [6.45, 7) is 5.88. The molecule has 0 aliphatic carbocycles. The molecule has 0 aromatic heterocycles. The molecule has 0 bridgehead atoms. The van der Waals surface area contributed by atoms with Crippen molar-refractivity contribution in [1.82, 2.24) is 0 Å². The topological polar surface area (TPSA) is 49.7 Å². The maximum Gasteiger partial charge on any atom is 0.155 e. The number of ether oxygens (including phenoxy) is 1. The lowest BCUT2D eigenvalue weighted by Crippen LogP contribution is -1.93. The summed E-state index contributed by atoms with van der Waals surface area (Å²) >= 11 is 7.06. The Labute approximate surface area is 154 Å². The van der Waals surface area contributed by atoms with Gasteiger partial charge in [0, 0.05) is 19.9 Å². The molecule has 0 fully saturated rings.